The van der Waals surface area contributed by atoms with Gasteiger partial charge in [-0.1, -0.05) is 18.2 Å². The Bertz CT molecular complexity index is 904. The lowest BCUT2D eigenvalue weighted by Crippen LogP contribution is -2.05. The molecule has 0 unspecified atom stereocenters. The summed E-state index contributed by atoms with van der Waals surface area (Å²) in [6, 6.07) is 11.0. The summed E-state index contributed by atoms with van der Waals surface area (Å²) in [5.74, 6) is -0.0229. The van der Waals surface area contributed by atoms with Gasteiger partial charge in [-0.2, -0.15) is 0 Å². The van der Waals surface area contributed by atoms with Crippen molar-refractivity contribution in [2.24, 2.45) is 0 Å². The van der Waals surface area contributed by atoms with Crippen LogP contribution in [0.4, 0.5) is 10.1 Å². The van der Waals surface area contributed by atoms with Gasteiger partial charge in [0.15, 0.2) is 0 Å². The highest BCUT2D eigenvalue weighted by atomic mass is 19.1. The van der Waals surface area contributed by atoms with Crippen LogP contribution < -0.4 is 5.73 Å². The molecule has 2 aliphatic rings. The van der Waals surface area contributed by atoms with Crippen molar-refractivity contribution < 1.29 is 9.50 Å². The van der Waals surface area contributed by atoms with Gasteiger partial charge in [0, 0.05) is 11.3 Å². The van der Waals surface area contributed by atoms with Crippen molar-refractivity contribution in [1.29, 1.82) is 0 Å². The van der Waals surface area contributed by atoms with Gasteiger partial charge in [-0.05, 0) is 97.1 Å². The molecule has 0 heterocycles. The van der Waals surface area contributed by atoms with Gasteiger partial charge in [0.2, 0.25) is 0 Å². The lowest BCUT2D eigenvalue weighted by molar-refractivity contribution is 0.407. The van der Waals surface area contributed by atoms with Crippen LogP contribution in [0.1, 0.15) is 54.4 Å². The van der Waals surface area contributed by atoms with E-state index < -0.39 is 0 Å². The van der Waals surface area contributed by atoms with E-state index in [2.05, 4.69) is 18.2 Å². The molecule has 0 radical (unpaired) electrons. The molecule has 0 spiro atoms. The third-order valence-electron chi connectivity index (χ3n) is 5.56. The maximum Gasteiger partial charge on any atom is 0.125 e. The van der Waals surface area contributed by atoms with Crippen molar-refractivity contribution in [1.82, 2.24) is 0 Å². The number of aliphatic hydroxyl groups excluding tert-OH is 1. The van der Waals surface area contributed by atoms with Crippen LogP contribution in [-0.2, 0) is 12.8 Å². The molecule has 0 amide bonds. The molecule has 0 saturated heterocycles. The van der Waals surface area contributed by atoms with Crippen LogP contribution in [-0.4, -0.2) is 5.11 Å². The zero-order valence-corrected chi connectivity index (χ0v) is 14.9. The SMILES string of the molecule is Nc1cc(F)ccc1/C(=C/C(O)=C1CCC1)c1ccc2c(c1)CCCC2. The molecule has 1 fully saturated rings. The van der Waals surface area contributed by atoms with E-state index in [1.165, 1.54) is 36.1 Å². The number of nitrogen functional groups attached to an aromatic ring is 1. The number of nitrogens with two attached hydrogens (primary N) is 1. The van der Waals surface area contributed by atoms with Crippen LogP contribution in [0, 0.1) is 5.82 Å². The number of rotatable bonds is 3. The average molecular weight is 349 g/mol. The van der Waals surface area contributed by atoms with Gasteiger partial charge >= 0.3 is 0 Å². The van der Waals surface area contributed by atoms with Crippen LogP contribution >= 0.6 is 0 Å². The standard InChI is InChI=1S/C23H24FNO/c24-19-10-11-20(22(25)13-19)21(14-23(26)16-6-3-7-16)18-9-8-15-4-1-2-5-17(15)12-18/h8-14,26H,1-7,25H2/b21-14+. The fourth-order valence-electron chi connectivity index (χ4n) is 3.84. The molecule has 2 nitrogen and oxygen atoms in total. The first-order valence-corrected chi connectivity index (χ1v) is 9.42. The zero-order valence-electron chi connectivity index (χ0n) is 14.9. The molecule has 1 saturated carbocycles. The summed E-state index contributed by atoms with van der Waals surface area (Å²) < 4.78 is 13.5. The maximum atomic E-state index is 13.5. The van der Waals surface area contributed by atoms with Crippen LogP contribution in [0.3, 0.4) is 0 Å². The summed E-state index contributed by atoms with van der Waals surface area (Å²) in [5.41, 5.74) is 13.0. The van der Waals surface area contributed by atoms with E-state index in [1.54, 1.807) is 6.07 Å². The second kappa shape index (κ2) is 6.99. The van der Waals surface area contributed by atoms with Crippen molar-refractivity contribution in [3.63, 3.8) is 0 Å². The predicted molar refractivity (Wildman–Crippen MR) is 104 cm³/mol. The molecule has 0 aromatic heterocycles. The molecule has 3 N–H and O–H groups in total. The number of benzene rings is 2. The third-order valence-corrected chi connectivity index (χ3v) is 5.56. The molecule has 26 heavy (non-hydrogen) atoms. The molecule has 2 aliphatic carbocycles. The van der Waals surface area contributed by atoms with Gasteiger partial charge in [0.05, 0.1) is 0 Å². The van der Waals surface area contributed by atoms with Gasteiger partial charge in [-0.3, -0.25) is 0 Å². The van der Waals surface area contributed by atoms with Gasteiger partial charge in [0.1, 0.15) is 11.6 Å². The minimum Gasteiger partial charge on any atom is -0.508 e. The largest absolute Gasteiger partial charge is 0.508 e. The molecule has 0 bridgehead atoms. The molecule has 2 aromatic carbocycles. The monoisotopic (exact) mass is 349 g/mol. The van der Waals surface area contributed by atoms with E-state index in [9.17, 15) is 9.50 Å². The smallest absolute Gasteiger partial charge is 0.125 e. The van der Waals surface area contributed by atoms with Gasteiger partial charge in [-0.25, -0.2) is 4.39 Å². The molecular weight excluding hydrogens is 325 g/mol. The first-order valence-electron chi connectivity index (χ1n) is 9.42. The third kappa shape index (κ3) is 3.26. The van der Waals surface area contributed by atoms with Crippen molar-refractivity contribution >= 4 is 11.3 Å². The minimum absolute atomic E-state index is 0.327. The zero-order chi connectivity index (χ0) is 18.1. The number of anilines is 1. The lowest BCUT2D eigenvalue weighted by atomic mass is 9.86. The van der Waals surface area contributed by atoms with E-state index >= 15 is 0 Å². The fraction of sp³-hybridized carbons (Fsp3) is 0.304. The topological polar surface area (TPSA) is 46.2 Å². The number of allylic oxidation sites excluding steroid dienone is 2. The number of aryl methyl sites for hydroxylation is 2. The Balaban J connectivity index is 1.84. The lowest BCUT2D eigenvalue weighted by Gasteiger charge is -2.20. The molecule has 4 rings (SSSR count). The molecule has 0 atom stereocenters. The predicted octanol–water partition coefficient (Wildman–Crippen LogP) is 5.71. The van der Waals surface area contributed by atoms with E-state index in [0.717, 1.165) is 54.4 Å². The minimum atomic E-state index is -0.349. The maximum absolute atomic E-state index is 13.5. The second-order valence-electron chi connectivity index (χ2n) is 7.32. The van der Waals surface area contributed by atoms with Gasteiger partial charge < -0.3 is 10.8 Å². The number of aliphatic hydroxyl groups is 1. The van der Waals surface area contributed by atoms with E-state index in [-0.39, 0.29) is 5.82 Å². The molecule has 3 heteroatoms. The first kappa shape index (κ1) is 16.9. The van der Waals surface area contributed by atoms with Crippen LogP contribution in [0.2, 0.25) is 0 Å². The number of hydrogen-bond donors (Lipinski definition) is 2. The van der Waals surface area contributed by atoms with Crippen LogP contribution in [0.5, 0.6) is 0 Å². The Hall–Kier alpha value is -2.55. The Morgan fingerprint density at radius 3 is 2.38 bits per heavy atom. The Morgan fingerprint density at radius 1 is 0.923 bits per heavy atom. The van der Waals surface area contributed by atoms with Crippen LogP contribution in [0.15, 0.2) is 53.8 Å². The average Bonchev–Trinajstić information content (AvgIpc) is 2.58. The van der Waals surface area contributed by atoms with E-state index in [0.29, 0.717) is 11.4 Å². The normalized spacial score (nSPS) is 16.8. The van der Waals surface area contributed by atoms with Crippen molar-refractivity contribution in [2.75, 3.05) is 5.73 Å². The summed E-state index contributed by atoms with van der Waals surface area (Å²) in [6.07, 6.45) is 9.49. The second-order valence-corrected chi connectivity index (χ2v) is 7.32. The first-order chi connectivity index (χ1) is 12.6. The van der Waals surface area contributed by atoms with Gasteiger partial charge in [-0.15, -0.1) is 0 Å². The Morgan fingerprint density at radius 2 is 1.69 bits per heavy atom. The number of fused-ring (bicyclic) bond motifs is 1. The summed E-state index contributed by atoms with van der Waals surface area (Å²) in [5, 5.41) is 10.5. The highest BCUT2D eigenvalue weighted by molar-refractivity contribution is 5.87. The fourth-order valence-corrected chi connectivity index (χ4v) is 3.84. The quantitative estimate of drug-likeness (QED) is 0.550. The summed E-state index contributed by atoms with van der Waals surface area (Å²) in [4.78, 5) is 0. The van der Waals surface area contributed by atoms with Crippen molar-refractivity contribution in [2.45, 2.75) is 44.9 Å². The highest BCUT2D eigenvalue weighted by Crippen LogP contribution is 2.35. The van der Waals surface area contributed by atoms with Gasteiger partial charge in [0.25, 0.3) is 0 Å². The van der Waals surface area contributed by atoms with E-state index in [1.807, 2.05) is 6.08 Å². The van der Waals surface area contributed by atoms with Crippen LogP contribution in [0.25, 0.3) is 5.57 Å². The highest BCUT2D eigenvalue weighted by Gasteiger charge is 2.17. The summed E-state index contributed by atoms with van der Waals surface area (Å²) >= 11 is 0. The Labute approximate surface area is 153 Å². The molecule has 134 valence electrons. The number of halogens is 1. The summed E-state index contributed by atoms with van der Waals surface area (Å²) in [6.45, 7) is 0. The molecule has 0 aliphatic heterocycles. The Kier molecular flexibility index (Phi) is 4.54. The number of hydrogen-bond acceptors (Lipinski definition) is 2. The van der Waals surface area contributed by atoms with E-state index in [4.69, 9.17) is 5.73 Å². The molecule has 2 aromatic rings. The summed E-state index contributed by atoms with van der Waals surface area (Å²) in [7, 11) is 0. The molecular formula is C23H24FNO. The van der Waals surface area contributed by atoms with Crippen molar-refractivity contribution in [3.05, 3.63) is 81.9 Å². The van der Waals surface area contributed by atoms with Crippen molar-refractivity contribution in [3.8, 4) is 0 Å².